The van der Waals surface area contributed by atoms with Crippen LogP contribution in [0.25, 0.3) is 11.3 Å². The lowest BCUT2D eigenvalue weighted by atomic mass is 10.2. The highest BCUT2D eigenvalue weighted by atomic mass is 32.1. The van der Waals surface area contributed by atoms with E-state index >= 15 is 0 Å². The summed E-state index contributed by atoms with van der Waals surface area (Å²) in [7, 11) is 0. The van der Waals surface area contributed by atoms with Crippen LogP contribution in [0, 0.1) is 0 Å². The number of nitrogens with zero attached hydrogens (tertiary/aromatic N) is 3. The number of nitrogens with one attached hydrogen (secondary N) is 1. The van der Waals surface area contributed by atoms with Gasteiger partial charge in [-0.25, -0.2) is 4.98 Å². The second kappa shape index (κ2) is 7.14. The van der Waals surface area contributed by atoms with Gasteiger partial charge in [-0.05, 0) is 19.3 Å². The summed E-state index contributed by atoms with van der Waals surface area (Å²) in [6, 6.07) is 9.85. The maximum absolute atomic E-state index is 12.0. The topological polar surface area (TPSA) is 80.9 Å². The van der Waals surface area contributed by atoms with Gasteiger partial charge in [0, 0.05) is 24.3 Å². The van der Waals surface area contributed by atoms with Crippen molar-refractivity contribution in [3.05, 3.63) is 47.4 Å². The minimum absolute atomic E-state index is 0.0478. The fraction of sp³-hybridized carbons (Fsp3) is 0.333. The van der Waals surface area contributed by atoms with Crippen molar-refractivity contribution in [3.8, 4) is 11.3 Å². The molecule has 3 aromatic rings. The van der Waals surface area contributed by atoms with Crippen LogP contribution in [0.5, 0.6) is 0 Å². The molecule has 4 rings (SSSR count). The van der Waals surface area contributed by atoms with Crippen molar-refractivity contribution in [2.45, 2.75) is 38.0 Å². The largest absolute Gasteiger partial charge is 0.441 e. The van der Waals surface area contributed by atoms with Crippen molar-refractivity contribution in [3.63, 3.8) is 0 Å². The van der Waals surface area contributed by atoms with Crippen LogP contribution in [-0.4, -0.2) is 21.1 Å². The number of anilines is 1. The molecule has 1 N–H and O–H groups in total. The number of aryl methyl sites for hydroxylation is 1. The number of benzene rings is 1. The molecule has 1 aromatic carbocycles. The Morgan fingerprint density at radius 1 is 1.24 bits per heavy atom. The van der Waals surface area contributed by atoms with Crippen LogP contribution < -0.4 is 5.32 Å². The van der Waals surface area contributed by atoms with E-state index in [0.29, 0.717) is 36.2 Å². The SMILES string of the molecule is O=C(CCCc1ncc(-c2ccccc2)o1)Nc1nnc(C2CC2)s1. The van der Waals surface area contributed by atoms with Crippen LogP contribution in [0.1, 0.15) is 42.5 Å². The number of carbonyl (C=O) groups is 1. The molecule has 1 aliphatic rings. The zero-order valence-corrected chi connectivity index (χ0v) is 14.5. The Morgan fingerprint density at radius 3 is 2.88 bits per heavy atom. The van der Waals surface area contributed by atoms with Crippen LogP contribution in [0.2, 0.25) is 0 Å². The minimum Gasteiger partial charge on any atom is -0.441 e. The van der Waals surface area contributed by atoms with Crippen molar-refractivity contribution in [1.29, 1.82) is 0 Å². The summed E-state index contributed by atoms with van der Waals surface area (Å²) >= 11 is 1.48. The highest BCUT2D eigenvalue weighted by Crippen LogP contribution is 2.42. The Kier molecular flexibility index (Phi) is 4.56. The Morgan fingerprint density at radius 2 is 2.08 bits per heavy atom. The molecule has 1 amide bonds. The van der Waals surface area contributed by atoms with Crippen molar-refractivity contribution in [2.24, 2.45) is 0 Å². The lowest BCUT2D eigenvalue weighted by molar-refractivity contribution is -0.116. The van der Waals surface area contributed by atoms with Crippen LogP contribution in [0.4, 0.5) is 5.13 Å². The van der Waals surface area contributed by atoms with Gasteiger partial charge in [-0.1, -0.05) is 41.7 Å². The molecule has 0 radical (unpaired) electrons. The Balaban J connectivity index is 1.24. The van der Waals surface area contributed by atoms with E-state index < -0.39 is 0 Å². The van der Waals surface area contributed by atoms with Gasteiger partial charge in [0.15, 0.2) is 11.7 Å². The molecule has 0 aliphatic heterocycles. The molecule has 1 saturated carbocycles. The number of rotatable bonds is 7. The molecule has 0 unspecified atom stereocenters. The fourth-order valence-electron chi connectivity index (χ4n) is 2.52. The molecule has 128 valence electrons. The number of amides is 1. The van der Waals surface area contributed by atoms with Crippen LogP contribution in [-0.2, 0) is 11.2 Å². The monoisotopic (exact) mass is 354 g/mol. The molecular formula is C18H18N4O2S. The van der Waals surface area contributed by atoms with Crippen molar-refractivity contribution in [1.82, 2.24) is 15.2 Å². The zero-order chi connectivity index (χ0) is 17.1. The second-order valence-corrected chi connectivity index (χ2v) is 7.11. The number of hydrogen-bond donors (Lipinski definition) is 1. The third-order valence-corrected chi connectivity index (χ3v) is 5.02. The van der Waals surface area contributed by atoms with Gasteiger partial charge >= 0.3 is 0 Å². The third kappa shape index (κ3) is 4.11. The Bertz CT molecular complexity index is 855. The van der Waals surface area contributed by atoms with Crippen molar-refractivity contribution < 1.29 is 9.21 Å². The molecule has 1 fully saturated rings. The number of carbonyl (C=O) groups excluding carboxylic acids is 1. The molecule has 0 bridgehead atoms. The lowest BCUT2D eigenvalue weighted by Crippen LogP contribution is -2.11. The van der Waals surface area contributed by atoms with Crippen LogP contribution in [0.15, 0.2) is 40.9 Å². The van der Waals surface area contributed by atoms with Crippen LogP contribution >= 0.6 is 11.3 Å². The maximum atomic E-state index is 12.0. The first-order valence-corrected chi connectivity index (χ1v) is 9.23. The van der Waals surface area contributed by atoms with Gasteiger partial charge in [-0.15, -0.1) is 10.2 Å². The first-order valence-electron chi connectivity index (χ1n) is 8.41. The summed E-state index contributed by atoms with van der Waals surface area (Å²) in [5.41, 5.74) is 1.00. The minimum atomic E-state index is -0.0478. The molecule has 0 spiro atoms. The summed E-state index contributed by atoms with van der Waals surface area (Å²) in [5, 5.41) is 12.6. The lowest BCUT2D eigenvalue weighted by Gasteiger charge is -2.00. The van der Waals surface area contributed by atoms with E-state index in [4.69, 9.17) is 4.42 Å². The average Bonchev–Trinajstić information content (AvgIpc) is 3.19. The molecule has 1 aliphatic carbocycles. The number of oxazole rings is 1. The molecule has 2 heterocycles. The van der Waals surface area contributed by atoms with E-state index in [9.17, 15) is 4.79 Å². The molecule has 7 heteroatoms. The maximum Gasteiger partial charge on any atom is 0.226 e. The first kappa shape index (κ1) is 16.0. The first-order chi connectivity index (χ1) is 12.3. The van der Waals surface area contributed by atoms with Gasteiger partial charge in [0.05, 0.1) is 6.20 Å². The summed E-state index contributed by atoms with van der Waals surface area (Å²) in [6.07, 6.45) is 5.80. The molecular weight excluding hydrogens is 336 g/mol. The average molecular weight is 354 g/mol. The molecule has 2 aromatic heterocycles. The number of aromatic nitrogens is 3. The Hall–Kier alpha value is -2.54. The number of hydrogen-bond acceptors (Lipinski definition) is 6. The van der Waals surface area contributed by atoms with Crippen molar-refractivity contribution >= 4 is 22.4 Å². The van der Waals surface area contributed by atoms with E-state index in [2.05, 4.69) is 20.5 Å². The Labute approximate surface area is 149 Å². The molecule has 6 nitrogen and oxygen atoms in total. The fourth-order valence-corrected chi connectivity index (χ4v) is 3.45. The van der Waals surface area contributed by atoms with E-state index in [1.165, 1.54) is 24.2 Å². The van der Waals surface area contributed by atoms with Crippen LogP contribution in [0.3, 0.4) is 0 Å². The van der Waals surface area contributed by atoms with E-state index in [0.717, 1.165) is 16.3 Å². The van der Waals surface area contributed by atoms with Gasteiger partial charge in [0.1, 0.15) is 5.01 Å². The summed E-state index contributed by atoms with van der Waals surface area (Å²) < 4.78 is 5.74. The van der Waals surface area contributed by atoms with Gasteiger partial charge < -0.3 is 9.73 Å². The predicted octanol–water partition coefficient (Wildman–Crippen LogP) is 4.03. The quantitative estimate of drug-likeness (QED) is 0.693. The van der Waals surface area contributed by atoms with E-state index in [1.54, 1.807) is 6.20 Å². The van der Waals surface area contributed by atoms with Crippen molar-refractivity contribution in [2.75, 3.05) is 5.32 Å². The smallest absolute Gasteiger partial charge is 0.226 e. The predicted molar refractivity (Wildman–Crippen MR) is 95.4 cm³/mol. The third-order valence-electron chi connectivity index (χ3n) is 4.02. The molecule has 0 saturated heterocycles. The zero-order valence-electron chi connectivity index (χ0n) is 13.6. The van der Waals surface area contributed by atoms with Gasteiger partial charge in [0.2, 0.25) is 11.0 Å². The van der Waals surface area contributed by atoms with E-state index in [1.807, 2.05) is 30.3 Å². The molecule has 0 atom stereocenters. The van der Waals surface area contributed by atoms with Gasteiger partial charge in [-0.3, -0.25) is 4.79 Å². The summed E-state index contributed by atoms with van der Waals surface area (Å²) in [5.74, 6) is 1.92. The normalized spacial score (nSPS) is 13.8. The standard InChI is InChI=1S/C18H18N4O2S/c23-15(20-18-22-21-17(25-18)13-9-10-13)7-4-8-16-19-11-14(24-16)12-5-2-1-3-6-12/h1-3,5-6,11,13H,4,7-10H2,(H,20,22,23). The highest BCUT2D eigenvalue weighted by Gasteiger charge is 2.27. The van der Waals surface area contributed by atoms with Gasteiger partial charge in [0.25, 0.3) is 0 Å². The van der Waals surface area contributed by atoms with E-state index in [-0.39, 0.29) is 5.91 Å². The summed E-state index contributed by atoms with van der Waals surface area (Å²) in [6.45, 7) is 0. The van der Waals surface area contributed by atoms with Gasteiger partial charge in [-0.2, -0.15) is 0 Å². The highest BCUT2D eigenvalue weighted by molar-refractivity contribution is 7.15. The molecule has 25 heavy (non-hydrogen) atoms. The second-order valence-electron chi connectivity index (χ2n) is 6.11. The summed E-state index contributed by atoms with van der Waals surface area (Å²) in [4.78, 5) is 16.3.